The maximum Gasteiger partial charge on any atom is 0.320 e. The molecule has 2 aliphatic heterocycles. The molecule has 38 heavy (non-hydrogen) atoms. The highest BCUT2D eigenvalue weighted by Crippen LogP contribution is 2.34. The third-order valence-corrected chi connectivity index (χ3v) is 7.25. The molecule has 0 saturated carbocycles. The van der Waals surface area contributed by atoms with Crippen molar-refractivity contribution in [3.05, 3.63) is 83.2 Å². The van der Waals surface area contributed by atoms with E-state index in [-0.39, 0.29) is 31.2 Å². The van der Waals surface area contributed by atoms with Gasteiger partial charge in [0.2, 0.25) is 0 Å². The van der Waals surface area contributed by atoms with Crippen molar-refractivity contribution >= 4 is 22.8 Å². The van der Waals surface area contributed by atoms with Crippen molar-refractivity contribution < 1.29 is 23.1 Å². The van der Waals surface area contributed by atoms with E-state index in [0.29, 0.717) is 31.0 Å². The van der Waals surface area contributed by atoms with Crippen LogP contribution in [0.15, 0.2) is 54.6 Å². The lowest BCUT2D eigenvalue weighted by molar-refractivity contribution is -0.122. The molecule has 6 rings (SSSR count). The van der Waals surface area contributed by atoms with Crippen molar-refractivity contribution in [2.45, 2.75) is 32.4 Å². The largest absolute Gasteiger partial charge is 0.491 e. The van der Waals surface area contributed by atoms with Crippen LogP contribution in [0.5, 0.6) is 5.75 Å². The fourth-order valence-electron chi connectivity index (χ4n) is 5.31. The summed E-state index contributed by atoms with van der Waals surface area (Å²) in [4.78, 5) is 37.1. The summed E-state index contributed by atoms with van der Waals surface area (Å²) in [5.41, 5.74) is 5.12. The Labute approximate surface area is 218 Å². The first-order valence-corrected chi connectivity index (χ1v) is 12.6. The number of carbonyl (C=O) groups excluding carboxylic acids is 2. The van der Waals surface area contributed by atoms with E-state index in [1.165, 1.54) is 6.07 Å². The molecule has 1 N–H and O–H groups in total. The predicted molar refractivity (Wildman–Crippen MR) is 138 cm³/mol. The SMILES string of the molecule is Cc1nc2ccc(-c3ccc4c(c3)CN(C(=O)N3CCC(=O)CC3c3ccc(F)c(F)c3)CCO4)cc2[nH]1. The molecule has 3 heterocycles. The number of ketones is 1. The second-order valence-electron chi connectivity index (χ2n) is 9.80. The third kappa shape index (κ3) is 4.49. The number of amides is 2. The van der Waals surface area contributed by atoms with Crippen LogP contribution >= 0.6 is 0 Å². The van der Waals surface area contributed by atoms with E-state index >= 15 is 0 Å². The number of ether oxygens (including phenoxy) is 1. The fourth-order valence-corrected chi connectivity index (χ4v) is 5.31. The molecule has 1 unspecified atom stereocenters. The number of imidazole rings is 1. The molecule has 1 saturated heterocycles. The number of hydrogen-bond donors (Lipinski definition) is 1. The highest BCUT2D eigenvalue weighted by atomic mass is 19.2. The van der Waals surface area contributed by atoms with Gasteiger partial charge in [-0.1, -0.05) is 18.2 Å². The van der Waals surface area contributed by atoms with Crippen molar-refractivity contribution in [1.82, 2.24) is 19.8 Å². The Morgan fingerprint density at radius 1 is 1.03 bits per heavy atom. The van der Waals surface area contributed by atoms with Crippen molar-refractivity contribution in [3.63, 3.8) is 0 Å². The Morgan fingerprint density at radius 2 is 1.84 bits per heavy atom. The van der Waals surface area contributed by atoms with Gasteiger partial charge >= 0.3 is 6.03 Å². The van der Waals surface area contributed by atoms with Crippen molar-refractivity contribution in [3.8, 4) is 16.9 Å². The number of piperidine rings is 1. The van der Waals surface area contributed by atoms with Gasteiger partial charge in [-0.05, 0) is 60.0 Å². The van der Waals surface area contributed by atoms with Gasteiger partial charge in [0, 0.05) is 24.9 Å². The number of H-pyrrole nitrogens is 1. The second kappa shape index (κ2) is 9.55. The van der Waals surface area contributed by atoms with Crippen LogP contribution in [0.2, 0.25) is 0 Å². The van der Waals surface area contributed by atoms with Gasteiger partial charge in [-0.2, -0.15) is 0 Å². The molecule has 9 heteroatoms. The zero-order chi connectivity index (χ0) is 26.4. The Bertz CT molecular complexity index is 1570. The predicted octanol–water partition coefficient (Wildman–Crippen LogP) is 5.54. The molecule has 4 aromatic rings. The van der Waals surface area contributed by atoms with Crippen LogP contribution in [-0.2, 0) is 11.3 Å². The Morgan fingerprint density at radius 3 is 2.68 bits per heavy atom. The van der Waals surface area contributed by atoms with Crippen LogP contribution in [-0.4, -0.2) is 51.3 Å². The number of aromatic amines is 1. The van der Waals surface area contributed by atoms with E-state index < -0.39 is 17.7 Å². The summed E-state index contributed by atoms with van der Waals surface area (Å²) in [7, 11) is 0. The number of aryl methyl sites for hydroxylation is 1. The van der Waals surface area contributed by atoms with Gasteiger partial charge in [-0.15, -0.1) is 0 Å². The van der Waals surface area contributed by atoms with Crippen LogP contribution in [0, 0.1) is 18.6 Å². The number of halogens is 2. The average Bonchev–Trinajstić information content (AvgIpc) is 3.15. The molecule has 194 valence electrons. The zero-order valence-electron chi connectivity index (χ0n) is 20.8. The van der Waals surface area contributed by atoms with Crippen LogP contribution in [0.3, 0.4) is 0 Å². The summed E-state index contributed by atoms with van der Waals surface area (Å²) in [6, 6.07) is 14.6. The smallest absolute Gasteiger partial charge is 0.320 e. The maximum atomic E-state index is 14.0. The molecule has 1 atom stereocenters. The van der Waals surface area contributed by atoms with Crippen molar-refractivity contribution in [1.29, 1.82) is 0 Å². The first kappa shape index (κ1) is 24.1. The van der Waals surface area contributed by atoms with Gasteiger partial charge in [0.1, 0.15) is 24.0 Å². The van der Waals surface area contributed by atoms with E-state index in [4.69, 9.17) is 4.74 Å². The third-order valence-electron chi connectivity index (χ3n) is 7.25. The van der Waals surface area contributed by atoms with Gasteiger partial charge < -0.3 is 19.5 Å². The number of hydrogen-bond acceptors (Lipinski definition) is 4. The maximum absolute atomic E-state index is 14.0. The standard InChI is InChI=1S/C29H26F2N4O3/c1-17-32-25-6-3-19(14-26(25)33-17)18-4-7-28-21(12-18)16-34(10-11-38-28)29(37)35-9-8-22(36)15-27(35)20-2-5-23(30)24(31)13-20/h2-7,12-14,27H,8-11,15-16H2,1H3,(H,32,33). The van der Waals surface area contributed by atoms with Crippen molar-refractivity contribution in [2.75, 3.05) is 19.7 Å². The number of rotatable bonds is 2. The van der Waals surface area contributed by atoms with Crippen LogP contribution in [0.1, 0.15) is 35.8 Å². The van der Waals surface area contributed by atoms with E-state index in [0.717, 1.165) is 45.7 Å². The molecule has 2 amide bonds. The zero-order valence-corrected chi connectivity index (χ0v) is 20.8. The van der Waals surface area contributed by atoms with Gasteiger partial charge in [0.05, 0.1) is 30.2 Å². The topological polar surface area (TPSA) is 78.5 Å². The number of likely N-dealkylation sites (tertiary alicyclic amines) is 1. The highest BCUT2D eigenvalue weighted by molar-refractivity contribution is 5.84. The molecule has 0 aliphatic carbocycles. The Balaban J connectivity index is 1.28. The number of Topliss-reactive ketones (excluding diaryl/α,β-unsaturated/α-hetero) is 1. The van der Waals surface area contributed by atoms with Crippen molar-refractivity contribution in [2.24, 2.45) is 0 Å². The summed E-state index contributed by atoms with van der Waals surface area (Å²) in [5.74, 6) is -0.410. The molecule has 0 radical (unpaired) electrons. The Hall–Kier alpha value is -4.27. The van der Waals surface area contributed by atoms with Crippen LogP contribution in [0.4, 0.5) is 13.6 Å². The molecule has 1 fully saturated rings. The van der Waals surface area contributed by atoms with Gasteiger partial charge in [-0.25, -0.2) is 18.6 Å². The molecule has 3 aromatic carbocycles. The van der Waals surface area contributed by atoms with Gasteiger partial charge in [0.25, 0.3) is 0 Å². The first-order chi connectivity index (χ1) is 18.4. The number of benzene rings is 3. The average molecular weight is 517 g/mol. The lowest BCUT2D eigenvalue weighted by atomic mass is 9.94. The number of aromatic nitrogens is 2. The minimum absolute atomic E-state index is 0.0117. The fraction of sp³-hybridized carbons (Fsp3) is 0.276. The van der Waals surface area contributed by atoms with Crippen LogP contribution in [0.25, 0.3) is 22.2 Å². The Kier molecular flexibility index (Phi) is 6.06. The van der Waals surface area contributed by atoms with E-state index in [9.17, 15) is 18.4 Å². The summed E-state index contributed by atoms with van der Waals surface area (Å²) in [6.45, 7) is 3.13. The molecular formula is C29H26F2N4O3. The van der Waals surface area contributed by atoms with Gasteiger partial charge in [0.15, 0.2) is 11.6 Å². The lowest BCUT2D eigenvalue weighted by Gasteiger charge is -2.38. The minimum atomic E-state index is -0.999. The normalized spacial score (nSPS) is 17.8. The molecular weight excluding hydrogens is 490 g/mol. The number of carbonyl (C=O) groups is 2. The quantitative estimate of drug-likeness (QED) is 0.380. The number of nitrogens with one attached hydrogen (secondary N) is 1. The highest BCUT2D eigenvalue weighted by Gasteiger charge is 2.35. The monoisotopic (exact) mass is 516 g/mol. The first-order valence-electron chi connectivity index (χ1n) is 12.6. The van der Waals surface area contributed by atoms with Crippen LogP contribution < -0.4 is 4.74 Å². The molecule has 0 spiro atoms. The number of urea groups is 1. The van der Waals surface area contributed by atoms with E-state index in [1.807, 2.05) is 37.3 Å². The summed E-state index contributed by atoms with van der Waals surface area (Å²) < 4.78 is 33.5. The molecule has 2 aliphatic rings. The lowest BCUT2D eigenvalue weighted by Crippen LogP contribution is -2.48. The minimum Gasteiger partial charge on any atom is -0.491 e. The summed E-state index contributed by atoms with van der Waals surface area (Å²) in [6.07, 6.45) is 0.296. The molecule has 1 aromatic heterocycles. The van der Waals surface area contributed by atoms with E-state index in [2.05, 4.69) is 16.0 Å². The summed E-state index contributed by atoms with van der Waals surface area (Å²) >= 11 is 0. The van der Waals surface area contributed by atoms with E-state index in [1.54, 1.807) is 9.80 Å². The second-order valence-corrected chi connectivity index (χ2v) is 9.80. The number of nitrogens with zero attached hydrogens (tertiary/aromatic N) is 3. The molecule has 0 bridgehead atoms. The number of fused-ring (bicyclic) bond motifs is 2. The molecule has 7 nitrogen and oxygen atoms in total. The van der Waals surface area contributed by atoms with Gasteiger partial charge in [-0.3, -0.25) is 4.79 Å². The summed E-state index contributed by atoms with van der Waals surface area (Å²) in [5, 5.41) is 0.